The Morgan fingerprint density at radius 1 is 1.26 bits per heavy atom. The maximum absolute atomic E-state index is 5.58. The van der Waals surface area contributed by atoms with Crippen LogP contribution in [0.5, 0.6) is 0 Å². The molecule has 102 valence electrons. The lowest BCUT2D eigenvalue weighted by molar-refractivity contribution is 0.247. The second kappa shape index (κ2) is 5.43. The van der Waals surface area contributed by atoms with Crippen molar-refractivity contribution < 1.29 is 0 Å². The van der Waals surface area contributed by atoms with Crippen molar-refractivity contribution in [2.75, 3.05) is 37.6 Å². The van der Waals surface area contributed by atoms with E-state index in [0.29, 0.717) is 4.99 Å². The van der Waals surface area contributed by atoms with Gasteiger partial charge in [0, 0.05) is 44.5 Å². The molecule has 5 heteroatoms. The summed E-state index contributed by atoms with van der Waals surface area (Å²) in [5, 5.41) is 0. The summed E-state index contributed by atoms with van der Waals surface area (Å²) in [4.78, 5) is 9.79. The summed E-state index contributed by atoms with van der Waals surface area (Å²) in [5.41, 5.74) is 6.42. The van der Waals surface area contributed by atoms with E-state index in [2.05, 4.69) is 14.8 Å². The molecule has 3 rings (SSSR count). The molecule has 1 aliphatic carbocycles. The number of rotatable bonds is 4. The van der Waals surface area contributed by atoms with Gasteiger partial charge < -0.3 is 10.6 Å². The van der Waals surface area contributed by atoms with Crippen molar-refractivity contribution in [2.24, 2.45) is 11.7 Å². The molecule has 2 N–H and O–H groups in total. The van der Waals surface area contributed by atoms with E-state index in [1.807, 2.05) is 12.1 Å². The quantitative estimate of drug-likeness (QED) is 0.839. The Kier molecular flexibility index (Phi) is 3.66. The predicted molar refractivity (Wildman–Crippen MR) is 81.5 cm³/mol. The van der Waals surface area contributed by atoms with Crippen molar-refractivity contribution in [3.63, 3.8) is 0 Å². The number of pyridine rings is 1. The smallest absolute Gasteiger partial charge is 0.128 e. The first-order valence-corrected chi connectivity index (χ1v) is 7.36. The van der Waals surface area contributed by atoms with E-state index in [4.69, 9.17) is 18.0 Å². The minimum Gasteiger partial charge on any atom is -0.389 e. The highest BCUT2D eigenvalue weighted by atomic mass is 32.1. The minimum absolute atomic E-state index is 0.410. The highest BCUT2D eigenvalue weighted by molar-refractivity contribution is 7.80. The zero-order valence-electron chi connectivity index (χ0n) is 11.1. The van der Waals surface area contributed by atoms with Gasteiger partial charge in [-0.25, -0.2) is 4.98 Å². The molecule has 19 heavy (non-hydrogen) atoms. The van der Waals surface area contributed by atoms with Crippen molar-refractivity contribution in [3.05, 3.63) is 23.9 Å². The van der Waals surface area contributed by atoms with Gasteiger partial charge in [-0.3, -0.25) is 4.90 Å². The van der Waals surface area contributed by atoms with Crippen LogP contribution in [-0.4, -0.2) is 47.6 Å². The van der Waals surface area contributed by atoms with Crippen LogP contribution in [0.4, 0.5) is 5.82 Å². The van der Waals surface area contributed by atoms with E-state index in [9.17, 15) is 0 Å². The molecular formula is C14H20N4S. The van der Waals surface area contributed by atoms with E-state index in [0.717, 1.165) is 43.5 Å². The molecule has 0 amide bonds. The number of anilines is 1. The van der Waals surface area contributed by atoms with E-state index in [-0.39, 0.29) is 0 Å². The fourth-order valence-electron chi connectivity index (χ4n) is 2.54. The zero-order chi connectivity index (χ0) is 13.2. The number of nitrogens with two attached hydrogens (primary N) is 1. The summed E-state index contributed by atoms with van der Waals surface area (Å²) in [7, 11) is 0. The van der Waals surface area contributed by atoms with Crippen LogP contribution in [-0.2, 0) is 0 Å². The average molecular weight is 276 g/mol. The third-order valence-electron chi connectivity index (χ3n) is 3.94. The molecule has 0 aromatic carbocycles. The van der Waals surface area contributed by atoms with Gasteiger partial charge in [-0.05, 0) is 30.9 Å². The highest BCUT2D eigenvalue weighted by Crippen LogP contribution is 2.30. The summed E-state index contributed by atoms with van der Waals surface area (Å²) < 4.78 is 0. The highest BCUT2D eigenvalue weighted by Gasteiger charge is 2.26. The van der Waals surface area contributed by atoms with Gasteiger partial charge in [0.25, 0.3) is 0 Å². The summed E-state index contributed by atoms with van der Waals surface area (Å²) in [6.45, 7) is 5.71. The van der Waals surface area contributed by atoms with Gasteiger partial charge in [0.2, 0.25) is 0 Å². The SMILES string of the molecule is NC(=S)c1ccc(N2CCN(CC3CC3)CC2)nc1. The second-order valence-electron chi connectivity index (χ2n) is 5.50. The van der Waals surface area contributed by atoms with Crippen LogP contribution in [0.2, 0.25) is 0 Å². The zero-order valence-corrected chi connectivity index (χ0v) is 11.9. The summed E-state index contributed by atoms with van der Waals surface area (Å²) >= 11 is 4.94. The molecular weight excluding hydrogens is 256 g/mol. The Balaban J connectivity index is 1.56. The molecule has 2 heterocycles. The van der Waals surface area contributed by atoms with Gasteiger partial charge in [-0.1, -0.05) is 12.2 Å². The van der Waals surface area contributed by atoms with Gasteiger partial charge in [-0.2, -0.15) is 0 Å². The number of piperazine rings is 1. The monoisotopic (exact) mass is 276 g/mol. The second-order valence-corrected chi connectivity index (χ2v) is 5.94. The largest absolute Gasteiger partial charge is 0.389 e. The lowest BCUT2D eigenvalue weighted by Crippen LogP contribution is -2.47. The molecule has 1 aromatic heterocycles. The Hall–Kier alpha value is -1.20. The number of hydrogen-bond donors (Lipinski definition) is 1. The van der Waals surface area contributed by atoms with Crippen molar-refractivity contribution in [2.45, 2.75) is 12.8 Å². The number of aromatic nitrogens is 1. The maximum atomic E-state index is 5.58. The summed E-state index contributed by atoms with van der Waals surface area (Å²) in [6.07, 6.45) is 4.64. The molecule has 4 nitrogen and oxygen atoms in total. The third-order valence-corrected chi connectivity index (χ3v) is 4.18. The molecule has 1 aromatic rings. The van der Waals surface area contributed by atoms with E-state index >= 15 is 0 Å². The van der Waals surface area contributed by atoms with Crippen LogP contribution in [0.3, 0.4) is 0 Å². The topological polar surface area (TPSA) is 45.4 Å². The maximum Gasteiger partial charge on any atom is 0.128 e. The molecule has 1 aliphatic heterocycles. The fraction of sp³-hybridized carbons (Fsp3) is 0.571. The van der Waals surface area contributed by atoms with Crippen molar-refractivity contribution in [1.82, 2.24) is 9.88 Å². The Morgan fingerprint density at radius 2 is 2.00 bits per heavy atom. The average Bonchev–Trinajstić information content (AvgIpc) is 3.24. The molecule has 2 aliphatic rings. The van der Waals surface area contributed by atoms with Crippen LogP contribution in [0, 0.1) is 5.92 Å². The van der Waals surface area contributed by atoms with Crippen LogP contribution >= 0.6 is 12.2 Å². The third kappa shape index (κ3) is 3.22. The first kappa shape index (κ1) is 12.8. The minimum atomic E-state index is 0.410. The molecule has 1 saturated carbocycles. The fourth-order valence-corrected chi connectivity index (χ4v) is 2.66. The molecule has 0 bridgehead atoms. The van der Waals surface area contributed by atoms with Crippen LogP contribution in [0.1, 0.15) is 18.4 Å². The predicted octanol–water partition coefficient (Wildman–Crippen LogP) is 1.25. The Labute approximate surface area is 119 Å². The van der Waals surface area contributed by atoms with Crippen LogP contribution in [0.25, 0.3) is 0 Å². The van der Waals surface area contributed by atoms with Gasteiger partial charge in [0.15, 0.2) is 0 Å². The van der Waals surface area contributed by atoms with Gasteiger partial charge >= 0.3 is 0 Å². The molecule has 0 unspecified atom stereocenters. The normalized spacial score (nSPS) is 20.5. The summed E-state index contributed by atoms with van der Waals surface area (Å²) in [6, 6.07) is 3.98. The van der Waals surface area contributed by atoms with Crippen molar-refractivity contribution in [1.29, 1.82) is 0 Å². The van der Waals surface area contributed by atoms with Crippen molar-refractivity contribution >= 4 is 23.0 Å². The summed E-state index contributed by atoms with van der Waals surface area (Å²) in [5.74, 6) is 2.01. The number of thiocarbonyl (C=S) groups is 1. The van der Waals surface area contributed by atoms with E-state index in [1.54, 1.807) is 6.20 Å². The van der Waals surface area contributed by atoms with Gasteiger partial charge in [0.05, 0.1) is 0 Å². The molecule has 2 fully saturated rings. The first-order chi connectivity index (χ1) is 9.22. The van der Waals surface area contributed by atoms with Crippen LogP contribution < -0.4 is 10.6 Å². The molecule has 0 spiro atoms. The van der Waals surface area contributed by atoms with Gasteiger partial charge in [0.1, 0.15) is 10.8 Å². The van der Waals surface area contributed by atoms with Crippen LogP contribution in [0.15, 0.2) is 18.3 Å². The van der Waals surface area contributed by atoms with E-state index in [1.165, 1.54) is 19.4 Å². The lowest BCUT2D eigenvalue weighted by Gasteiger charge is -2.35. The molecule has 0 atom stereocenters. The Bertz CT molecular complexity index is 447. The van der Waals surface area contributed by atoms with E-state index < -0.39 is 0 Å². The Morgan fingerprint density at radius 3 is 2.53 bits per heavy atom. The first-order valence-electron chi connectivity index (χ1n) is 6.95. The lowest BCUT2D eigenvalue weighted by atomic mass is 10.2. The van der Waals surface area contributed by atoms with Crippen molar-refractivity contribution in [3.8, 4) is 0 Å². The van der Waals surface area contributed by atoms with Gasteiger partial charge in [-0.15, -0.1) is 0 Å². The standard InChI is InChI=1S/C14H20N4S/c15-14(19)12-3-4-13(16-9-12)18-7-5-17(6-8-18)10-11-1-2-11/h3-4,9,11H,1-2,5-8,10H2,(H2,15,19). The molecule has 0 radical (unpaired) electrons. The number of nitrogens with zero attached hydrogens (tertiary/aromatic N) is 3. The molecule has 1 saturated heterocycles. The number of hydrogen-bond acceptors (Lipinski definition) is 4.